The van der Waals surface area contributed by atoms with Crippen molar-refractivity contribution in [2.45, 2.75) is 89.6 Å². The van der Waals surface area contributed by atoms with E-state index < -0.39 is 10.1 Å². The highest BCUT2D eigenvalue weighted by Crippen LogP contribution is 2.64. The van der Waals surface area contributed by atoms with Crippen molar-refractivity contribution in [1.29, 1.82) is 0 Å². The normalized spacial score (nSPS) is 40.8. The fourth-order valence-corrected chi connectivity index (χ4v) is 8.75. The minimum atomic E-state index is -3.70. The Morgan fingerprint density at radius 3 is 2.50 bits per heavy atom. The van der Waals surface area contributed by atoms with Crippen LogP contribution in [0.25, 0.3) is 0 Å². The van der Waals surface area contributed by atoms with Crippen molar-refractivity contribution >= 4 is 10.1 Å². The van der Waals surface area contributed by atoms with Crippen LogP contribution >= 0.6 is 0 Å². The molecule has 3 fully saturated rings. The number of benzene rings is 1. The van der Waals surface area contributed by atoms with Gasteiger partial charge in [0, 0.05) is 0 Å². The summed E-state index contributed by atoms with van der Waals surface area (Å²) in [5.74, 6) is 2.49. The van der Waals surface area contributed by atoms with E-state index in [9.17, 15) is 8.42 Å². The van der Waals surface area contributed by atoms with E-state index in [0.717, 1.165) is 42.6 Å². The Kier molecular flexibility index (Phi) is 4.98. The molecule has 5 rings (SSSR count). The average Bonchev–Trinajstić information content (AvgIpc) is 3.10. The average molecular weight is 429 g/mol. The SMILES string of the molecule is Cc1ccc(S(=O)(=O)O[C@H]2CC[C@@]3(C)C(=CC[C@H]4[C@@H]5CCC[C@@]5(C)CC[C@@H]43)C2)cc1. The summed E-state index contributed by atoms with van der Waals surface area (Å²) < 4.78 is 31.3. The summed E-state index contributed by atoms with van der Waals surface area (Å²) in [6.07, 6.45) is 13.1. The number of fused-ring (bicyclic) bond motifs is 5. The summed E-state index contributed by atoms with van der Waals surface area (Å²) >= 11 is 0. The van der Waals surface area contributed by atoms with E-state index in [-0.39, 0.29) is 16.4 Å². The predicted molar refractivity (Wildman–Crippen MR) is 120 cm³/mol. The van der Waals surface area contributed by atoms with Gasteiger partial charge >= 0.3 is 0 Å². The van der Waals surface area contributed by atoms with E-state index in [2.05, 4.69) is 19.9 Å². The molecule has 30 heavy (non-hydrogen) atoms. The maximum Gasteiger partial charge on any atom is 0.297 e. The second-order valence-corrected chi connectivity index (χ2v) is 12.6. The minimum Gasteiger partial charge on any atom is -0.263 e. The first-order valence-corrected chi connectivity index (χ1v) is 13.3. The Balaban J connectivity index is 1.34. The molecule has 1 aromatic rings. The molecule has 3 saturated carbocycles. The number of hydrogen-bond donors (Lipinski definition) is 0. The summed E-state index contributed by atoms with van der Waals surface area (Å²) in [6, 6.07) is 6.97. The molecule has 0 unspecified atom stereocenters. The molecule has 0 N–H and O–H groups in total. The van der Waals surface area contributed by atoms with Gasteiger partial charge in [-0.3, -0.25) is 4.18 Å². The molecular weight excluding hydrogens is 392 g/mol. The number of hydrogen-bond acceptors (Lipinski definition) is 3. The first-order valence-electron chi connectivity index (χ1n) is 11.9. The topological polar surface area (TPSA) is 43.4 Å². The first-order chi connectivity index (χ1) is 14.2. The molecule has 4 heteroatoms. The summed E-state index contributed by atoms with van der Waals surface area (Å²) in [7, 11) is -3.70. The second-order valence-electron chi connectivity index (χ2n) is 11.1. The number of rotatable bonds is 3. The molecule has 164 valence electrons. The van der Waals surface area contributed by atoms with Gasteiger partial charge in [0.25, 0.3) is 10.1 Å². The van der Waals surface area contributed by atoms with Crippen molar-refractivity contribution in [3.05, 3.63) is 41.5 Å². The molecule has 0 heterocycles. The molecule has 4 aliphatic rings. The molecule has 0 amide bonds. The van der Waals surface area contributed by atoms with Gasteiger partial charge in [-0.05, 0) is 99.0 Å². The summed E-state index contributed by atoms with van der Waals surface area (Å²) in [5, 5.41) is 0. The highest BCUT2D eigenvalue weighted by Gasteiger charge is 2.56. The molecular formula is C26H36O3S. The Bertz CT molecular complexity index is 947. The molecule has 0 radical (unpaired) electrons. The van der Waals surface area contributed by atoms with Crippen LogP contribution in [0.3, 0.4) is 0 Å². The Morgan fingerprint density at radius 1 is 0.967 bits per heavy atom. The minimum absolute atomic E-state index is 0.229. The van der Waals surface area contributed by atoms with E-state index in [0.29, 0.717) is 5.41 Å². The third-order valence-corrected chi connectivity index (χ3v) is 10.8. The lowest BCUT2D eigenvalue weighted by Gasteiger charge is -2.57. The zero-order chi connectivity index (χ0) is 21.1. The van der Waals surface area contributed by atoms with Gasteiger partial charge in [0.1, 0.15) is 0 Å². The van der Waals surface area contributed by atoms with Gasteiger partial charge in [-0.2, -0.15) is 8.42 Å². The third-order valence-electron chi connectivity index (χ3n) is 9.41. The van der Waals surface area contributed by atoms with Crippen molar-refractivity contribution in [1.82, 2.24) is 0 Å². The Hall–Kier alpha value is -1.13. The molecule has 0 saturated heterocycles. The van der Waals surface area contributed by atoms with Gasteiger partial charge in [0.2, 0.25) is 0 Å². The molecule has 0 bridgehead atoms. The fourth-order valence-electron chi connectivity index (χ4n) is 7.64. The summed E-state index contributed by atoms with van der Waals surface area (Å²) in [4.78, 5) is 0.270. The monoisotopic (exact) mass is 428 g/mol. The van der Waals surface area contributed by atoms with Crippen LogP contribution in [-0.2, 0) is 14.3 Å². The van der Waals surface area contributed by atoms with Crippen LogP contribution in [0.4, 0.5) is 0 Å². The smallest absolute Gasteiger partial charge is 0.263 e. The molecule has 6 atom stereocenters. The van der Waals surface area contributed by atoms with Gasteiger partial charge in [0.05, 0.1) is 11.0 Å². The van der Waals surface area contributed by atoms with E-state index in [1.165, 1.54) is 44.1 Å². The van der Waals surface area contributed by atoms with Crippen LogP contribution in [0.15, 0.2) is 40.8 Å². The van der Waals surface area contributed by atoms with Gasteiger partial charge in [-0.25, -0.2) is 0 Å². The predicted octanol–water partition coefficient (Wildman–Crippen LogP) is 6.42. The third kappa shape index (κ3) is 3.30. The number of allylic oxidation sites excluding steroid dienone is 1. The maximum atomic E-state index is 12.8. The Labute approximate surface area is 182 Å². The second kappa shape index (κ2) is 7.20. The van der Waals surface area contributed by atoms with E-state index in [1.54, 1.807) is 12.1 Å². The van der Waals surface area contributed by atoms with E-state index >= 15 is 0 Å². The molecule has 1 aromatic carbocycles. The maximum absolute atomic E-state index is 12.8. The highest BCUT2D eigenvalue weighted by molar-refractivity contribution is 7.86. The van der Waals surface area contributed by atoms with Crippen LogP contribution in [-0.4, -0.2) is 14.5 Å². The molecule has 0 spiro atoms. The number of aryl methyl sites for hydroxylation is 1. The summed E-state index contributed by atoms with van der Waals surface area (Å²) in [6.45, 7) is 6.97. The van der Waals surface area contributed by atoms with Gasteiger partial charge in [-0.15, -0.1) is 0 Å². The first kappa shape index (κ1) is 20.8. The van der Waals surface area contributed by atoms with Gasteiger partial charge in [0.15, 0.2) is 0 Å². The van der Waals surface area contributed by atoms with E-state index in [4.69, 9.17) is 4.18 Å². The molecule has 3 nitrogen and oxygen atoms in total. The van der Waals surface area contributed by atoms with Crippen LogP contribution < -0.4 is 0 Å². The van der Waals surface area contributed by atoms with Gasteiger partial charge in [-0.1, -0.05) is 49.6 Å². The lowest BCUT2D eigenvalue weighted by molar-refractivity contribution is -0.0335. The van der Waals surface area contributed by atoms with Crippen LogP contribution in [0.1, 0.15) is 77.2 Å². The standard InChI is InChI=1S/C26H36O3S/c1-18-6-9-21(10-7-18)30(27,28)29-20-12-16-26(3)19(17-20)8-11-22-23-5-4-14-25(23,2)15-13-24(22)26/h6-10,20,22-24H,4-5,11-17H2,1-3H3/t20-,22-,23-,24-,25-,26-/m0/s1. The lowest BCUT2D eigenvalue weighted by atomic mass is 9.48. The highest BCUT2D eigenvalue weighted by atomic mass is 32.2. The summed E-state index contributed by atoms with van der Waals surface area (Å²) in [5.41, 5.74) is 3.34. The fraction of sp³-hybridized carbons (Fsp3) is 0.692. The zero-order valence-electron chi connectivity index (χ0n) is 18.7. The molecule has 0 aromatic heterocycles. The van der Waals surface area contributed by atoms with Crippen molar-refractivity contribution in [3.8, 4) is 0 Å². The molecule has 4 aliphatic carbocycles. The van der Waals surface area contributed by atoms with Crippen LogP contribution in [0.5, 0.6) is 0 Å². The van der Waals surface area contributed by atoms with Crippen molar-refractivity contribution in [2.75, 3.05) is 0 Å². The Morgan fingerprint density at radius 2 is 1.73 bits per heavy atom. The van der Waals surface area contributed by atoms with Crippen molar-refractivity contribution in [2.24, 2.45) is 28.6 Å². The zero-order valence-corrected chi connectivity index (χ0v) is 19.5. The largest absolute Gasteiger partial charge is 0.297 e. The van der Waals surface area contributed by atoms with E-state index in [1.807, 2.05) is 19.1 Å². The lowest BCUT2D eigenvalue weighted by Crippen LogP contribution is -2.49. The van der Waals surface area contributed by atoms with Crippen LogP contribution in [0, 0.1) is 35.5 Å². The van der Waals surface area contributed by atoms with Crippen molar-refractivity contribution < 1.29 is 12.6 Å². The van der Waals surface area contributed by atoms with Gasteiger partial charge < -0.3 is 0 Å². The molecule has 0 aliphatic heterocycles. The van der Waals surface area contributed by atoms with Crippen LogP contribution in [0.2, 0.25) is 0 Å². The quantitative estimate of drug-likeness (QED) is 0.412. The van der Waals surface area contributed by atoms with Crippen molar-refractivity contribution in [3.63, 3.8) is 0 Å².